The first kappa shape index (κ1) is 14.9. The van der Waals surface area contributed by atoms with Gasteiger partial charge in [-0.1, -0.05) is 18.2 Å². The Bertz CT molecular complexity index is 623. The maximum absolute atomic E-state index is 11.8. The van der Waals surface area contributed by atoms with E-state index in [1.54, 1.807) is 24.3 Å². The molecule has 1 aromatic carbocycles. The number of rotatable bonds is 5. The quantitative estimate of drug-likeness (QED) is 0.772. The molecule has 0 atom stereocenters. The second kappa shape index (κ2) is 5.25. The Labute approximate surface area is 107 Å². The molecule has 2 N–H and O–H groups in total. The number of para-hydroxylation sites is 1. The Morgan fingerprint density at radius 2 is 1.72 bits per heavy atom. The monoisotopic (exact) mass is 292 g/mol. The predicted octanol–water partition coefficient (Wildman–Crippen LogP) is 0.0325. The van der Waals surface area contributed by atoms with E-state index in [0.717, 1.165) is 10.6 Å². The molecule has 0 heterocycles. The molecule has 0 aliphatic heterocycles. The minimum atomic E-state index is -3.84. The second-order valence-corrected chi connectivity index (χ2v) is 8.69. The summed E-state index contributed by atoms with van der Waals surface area (Å²) < 4.78 is 46.6. The minimum absolute atomic E-state index is 0.0462. The summed E-state index contributed by atoms with van der Waals surface area (Å²) in [5, 5.41) is -0.900. The van der Waals surface area contributed by atoms with Crippen LogP contribution in [-0.4, -0.2) is 39.5 Å². The van der Waals surface area contributed by atoms with Gasteiger partial charge in [-0.25, -0.2) is 16.8 Å². The highest BCUT2D eigenvalue weighted by Crippen LogP contribution is 2.15. The molecule has 0 amide bonds. The van der Waals surface area contributed by atoms with Crippen molar-refractivity contribution in [3.8, 4) is 0 Å². The molecular weight excluding hydrogens is 276 g/mol. The Kier molecular flexibility index (Phi) is 4.36. The number of sulfone groups is 1. The minimum Gasteiger partial charge on any atom is -0.398 e. The summed E-state index contributed by atoms with van der Waals surface area (Å²) in [6, 6.07) is 6.83. The number of anilines is 1. The van der Waals surface area contributed by atoms with Gasteiger partial charge < -0.3 is 5.73 Å². The fourth-order valence-electron chi connectivity index (χ4n) is 1.38. The molecular formula is C10H16N2O4S2. The van der Waals surface area contributed by atoms with Gasteiger partial charge in [-0.2, -0.15) is 4.31 Å². The SMILES string of the molecule is CN(Cc1ccccc1N)S(=O)(=O)CS(C)(=O)=O. The molecule has 0 radical (unpaired) electrons. The topological polar surface area (TPSA) is 97.5 Å². The lowest BCUT2D eigenvalue weighted by Gasteiger charge is -2.17. The fourth-order valence-corrected chi connectivity index (χ4v) is 4.60. The number of hydrogen-bond donors (Lipinski definition) is 1. The molecule has 0 aliphatic carbocycles. The van der Waals surface area contributed by atoms with Crippen LogP contribution in [0.15, 0.2) is 24.3 Å². The van der Waals surface area contributed by atoms with Crippen molar-refractivity contribution in [1.82, 2.24) is 4.31 Å². The molecule has 0 aliphatic rings. The molecule has 8 heteroatoms. The highest BCUT2D eigenvalue weighted by Gasteiger charge is 2.23. The first-order chi connectivity index (χ1) is 8.12. The molecule has 1 rings (SSSR count). The van der Waals surface area contributed by atoms with Crippen LogP contribution in [0.2, 0.25) is 0 Å². The summed E-state index contributed by atoms with van der Waals surface area (Å²) in [6.07, 6.45) is 0.884. The van der Waals surface area contributed by atoms with E-state index in [1.165, 1.54) is 7.05 Å². The normalized spacial score (nSPS) is 12.8. The van der Waals surface area contributed by atoms with Gasteiger partial charge in [-0.05, 0) is 11.6 Å². The van der Waals surface area contributed by atoms with Gasteiger partial charge in [-0.15, -0.1) is 0 Å². The molecule has 0 fully saturated rings. The number of nitrogens with zero attached hydrogens (tertiary/aromatic N) is 1. The van der Waals surface area contributed by atoms with Gasteiger partial charge in [0.25, 0.3) is 0 Å². The summed E-state index contributed by atoms with van der Waals surface area (Å²) in [7, 11) is -6.11. The third-order valence-electron chi connectivity index (χ3n) is 2.29. The molecule has 0 saturated carbocycles. The van der Waals surface area contributed by atoms with E-state index in [0.29, 0.717) is 11.3 Å². The first-order valence-corrected chi connectivity index (χ1v) is 8.74. The van der Waals surface area contributed by atoms with Crippen LogP contribution in [0.25, 0.3) is 0 Å². The molecule has 0 bridgehead atoms. The van der Waals surface area contributed by atoms with Gasteiger partial charge in [0, 0.05) is 25.5 Å². The zero-order valence-corrected chi connectivity index (χ0v) is 11.8. The van der Waals surface area contributed by atoms with E-state index in [1.807, 2.05) is 0 Å². The molecule has 1 aromatic rings. The third-order valence-corrected chi connectivity index (χ3v) is 6.27. The Morgan fingerprint density at radius 1 is 1.17 bits per heavy atom. The van der Waals surface area contributed by atoms with Gasteiger partial charge >= 0.3 is 0 Å². The molecule has 102 valence electrons. The summed E-state index contributed by atoms with van der Waals surface area (Å²) >= 11 is 0. The third kappa shape index (κ3) is 4.28. The van der Waals surface area contributed by atoms with Crippen molar-refractivity contribution in [3.05, 3.63) is 29.8 Å². The molecule has 0 aromatic heterocycles. The van der Waals surface area contributed by atoms with Crippen molar-refractivity contribution in [2.24, 2.45) is 0 Å². The molecule has 18 heavy (non-hydrogen) atoms. The first-order valence-electron chi connectivity index (χ1n) is 5.07. The van der Waals surface area contributed by atoms with Crippen LogP contribution in [0.5, 0.6) is 0 Å². The van der Waals surface area contributed by atoms with Crippen LogP contribution in [0.1, 0.15) is 5.56 Å². The van der Waals surface area contributed by atoms with Crippen molar-refractivity contribution in [2.75, 3.05) is 24.1 Å². The van der Waals surface area contributed by atoms with Crippen LogP contribution >= 0.6 is 0 Å². The molecule has 6 nitrogen and oxygen atoms in total. The van der Waals surface area contributed by atoms with Crippen LogP contribution in [0.3, 0.4) is 0 Å². The van der Waals surface area contributed by atoms with Crippen molar-refractivity contribution in [3.63, 3.8) is 0 Å². The summed E-state index contributed by atoms with van der Waals surface area (Å²) in [4.78, 5) is 0. The largest absolute Gasteiger partial charge is 0.398 e. The lowest BCUT2D eigenvalue weighted by atomic mass is 10.2. The van der Waals surface area contributed by atoms with E-state index in [4.69, 9.17) is 5.73 Å². The van der Waals surface area contributed by atoms with Crippen molar-refractivity contribution < 1.29 is 16.8 Å². The zero-order chi connectivity index (χ0) is 14.0. The van der Waals surface area contributed by atoms with E-state index in [-0.39, 0.29) is 6.54 Å². The average Bonchev–Trinajstić information content (AvgIpc) is 2.17. The number of hydrogen-bond acceptors (Lipinski definition) is 5. The maximum Gasteiger partial charge on any atom is 0.228 e. The zero-order valence-electron chi connectivity index (χ0n) is 10.2. The Morgan fingerprint density at radius 3 is 2.22 bits per heavy atom. The number of benzene rings is 1. The van der Waals surface area contributed by atoms with E-state index >= 15 is 0 Å². The lowest BCUT2D eigenvalue weighted by molar-refractivity contribution is 0.470. The van der Waals surface area contributed by atoms with E-state index in [2.05, 4.69) is 0 Å². The fraction of sp³-hybridized carbons (Fsp3) is 0.400. The molecule has 0 spiro atoms. The second-order valence-electron chi connectivity index (χ2n) is 4.11. The predicted molar refractivity (Wildman–Crippen MR) is 71.0 cm³/mol. The highest BCUT2D eigenvalue weighted by atomic mass is 32.3. The van der Waals surface area contributed by atoms with Crippen LogP contribution in [-0.2, 0) is 26.4 Å². The summed E-state index contributed by atoms with van der Waals surface area (Å²) in [6.45, 7) is 0.0462. The summed E-state index contributed by atoms with van der Waals surface area (Å²) in [5.41, 5.74) is 6.81. The van der Waals surface area contributed by atoms with Gasteiger partial charge in [0.1, 0.15) is 0 Å². The molecule has 0 unspecified atom stereocenters. The number of nitrogens with two attached hydrogens (primary N) is 1. The van der Waals surface area contributed by atoms with Gasteiger partial charge in [0.15, 0.2) is 14.9 Å². The van der Waals surface area contributed by atoms with Crippen molar-refractivity contribution >= 4 is 25.5 Å². The lowest BCUT2D eigenvalue weighted by Crippen LogP contribution is -2.31. The summed E-state index contributed by atoms with van der Waals surface area (Å²) in [5.74, 6) is 0. The van der Waals surface area contributed by atoms with Crippen LogP contribution in [0, 0.1) is 0 Å². The standard InChI is InChI=1S/C10H16N2O4S2/c1-12(18(15,16)8-17(2,13)14)7-9-5-3-4-6-10(9)11/h3-6H,7-8,11H2,1-2H3. The highest BCUT2D eigenvalue weighted by molar-refractivity contribution is 8.06. The Hall–Kier alpha value is -1.12. The Balaban J connectivity index is 2.90. The van der Waals surface area contributed by atoms with Gasteiger partial charge in [0.2, 0.25) is 10.0 Å². The van der Waals surface area contributed by atoms with E-state index in [9.17, 15) is 16.8 Å². The number of nitrogen functional groups attached to an aromatic ring is 1. The van der Waals surface area contributed by atoms with Crippen LogP contribution in [0.4, 0.5) is 5.69 Å². The smallest absolute Gasteiger partial charge is 0.228 e. The number of sulfonamides is 1. The van der Waals surface area contributed by atoms with Gasteiger partial charge in [0.05, 0.1) is 0 Å². The van der Waals surface area contributed by atoms with Gasteiger partial charge in [-0.3, -0.25) is 0 Å². The maximum atomic E-state index is 11.8. The van der Waals surface area contributed by atoms with Crippen molar-refractivity contribution in [2.45, 2.75) is 6.54 Å². The molecule has 0 saturated heterocycles. The van der Waals surface area contributed by atoms with Crippen molar-refractivity contribution in [1.29, 1.82) is 0 Å². The van der Waals surface area contributed by atoms with E-state index < -0.39 is 24.9 Å². The average molecular weight is 292 g/mol. The van der Waals surface area contributed by atoms with Crippen LogP contribution < -0.4 is 5.73 Å².